The molecular weight excluding hydrogens is 338 g/mol. The van der Waals surface area contributed by atoms with Crippen LogP contribution in [0.3, 0.4) is 0 Å². The van der Waals surface area contributed by atoms with Gasteiger partial charge in [0.2, 0.25) is 11.8 Å². The van der Waals surface area contributed by atoms with Crippen molar-refractivity contribution in [2.45, 2.75) is 18.9 Å². The summed E-state index contributed by atoms with van der Waals surface area (Å²) in [7, 11) is 3.01. The number of hydrogen-bond donors (Lipinski definition) is 1. The maximum Gasteiger partial charge on any atom is 0.326 e. The van der Waals surface area contributed by atoms with Crippen molar-refractivity contribution in [3.8, 4) is 22.9 Å². The smallest absolute Gasteiger partial charge is 0.326 e. The third-order valence-corrected chi connectivity index (χ3v) is 4.38. The average molecular weight is 357 g/mol. The van der Waals surface area contributed by atoms with Crippen LogP contribution in [0.4, 0.5) is 0 Å². The Hall–Kier alpha value is -3.16. The maximum absolute atomic E-state index is 12.6. The van der Waals surface area contributed by atoms with E-state index in [9.17, 15) is 14.7 Å². The molecule has 3 rings (SSSR count). The van der Waals surface area contributed by atoms with Crippen LogP contribution in [0.15, 0.2) is 30.6 Å². The van der Waals surface area contributed by atoms with E-state index in [0.717, 1.165) is 5.56 Å². The first-order valence-corrected chi connectivity index (χ1v) is 8.14. The van der Waals surface area contributed by atoms with Gasteiger partial charge in [-0.3, -0.25) is 4.79 Å². The Morgan fingerprint density at radius 3 is 2.27 bits per heavy atom. The molecule has 1 aromatic heterocycles. The summed E-state index contributed by atoms with van der Waals surface area (Å²) in [6.45, 7) is 0.450. The van der Waals surface area contributed by atoms with Gasteiger partial charge < -0.3 is 19.5 Å². The van der Waals surface area contributed by atoms with Crippen molar-refractivity contribution >= 4 is 11.9 Å². The second-order valence-electron chi connectivity index (χ2n) is 5.84. The van der Waals surface area contributed by atoms with E-state index in [4.69, 9.17) is 9.47 Å². The van der Waals surface area contributed by atoms with Gasteiger partial charge in [-0.2, -0.15) is 0 Å². The molecule has 0 aliphatic carbocycles. The topological polar surface area (TPSA) is 102 Å². The van der Waals surface area contributed by atoms with E-state index in [0.29, 0.717) is 42.3 Å². The molecule has 2 aromatic rings. The normalized spacial score (nSPS) is 16.4. The first-order valence-electron chi connectivity index (χ1n) is 8.14. The van der Waals surface area contributed by atoms with Crippen molar-refractivity contribution in [3.63, 3.8) is 0 Å². The van der Waals surface area contributed by atoms with Crippen molar-refractivity contribution < 1.29 is 24.2 Å². The number of benzene rings is 1. The predicted octanol–water partition coefficient (Wildman–Crippen LogP) is 1.85. The van der Waals surface area contributed by atoms with E-state index in [1.807, 2.05) is 0 Å². The first-order chi connectivity index (χ1) is 12.6. The number of methoxy groups -OCH3 is 2. The number of nitrogens with zero attached hydrogens (tertiary/aromatic N) is 3. The first kappa shape index (κ1) is 17.7. The Morgan fingerprint density at radius 1 is 1.12 bits per heavy atom. The highest BCUT2D eigenvalue weighted by atomic mass is 16.5. The summed E-state index contributed by atoms with van der Waals surface area (Å²) < 4.78 is 10.5. The third kappa shape index (κ3) is 3.17. The molecule has 0 bridgehead atoms. The number of carboxylic acid groups (broad SMARTS) is 1. The molecule has 1 unspecified atom stereocenters. The van der Waals surface area contributed by atoms with Crippen LogP contribution in [0.2, 0.25) is 0 Å². The molecule has 8 heteroatoms. The fourth-order valence-electron chi connectivity index (χ4n) is 3.12. The van der Waals surface area contributed by atoms with Crippen LogP contribution in [0.1, 0.15) is 23.2 Å². The highest BCUT2D eigenvalue weighted by Crippen LogP contribution is 2.35. The quantitative estimate of drug-likeness (QED) is 0.871. The van der Waals surface area contributed by atoms with E-state index in [-0.39, 0.29) is 5.91 Å². The van der Waals surface area contributed by atoms with E-state index < -0.39 is 12.0 Å². The van der Waals surface area contributed by atoms with Crippen molar-refractivity contribution in [1.82, 2.24) is 14.9 Å². The SMILES string of the molecule is COc1ncnc(OC)c1-c1ccc(C(=O)N2CCCC2C(=O)O)cc1. The van der Waals surface area contributed by atoms with Gasteiger partial charge in [0.25, 0.3) is 5.91 Å². The number of ether oxygens (including phenoxy) is 2. The van der Waals surface area contributed by atoms with Crippen molar-refractivity contribution in [1.29, 1.82) is 0 Å². The Labute approximate surface area is 150 Å². The van der Waals surface area contributed by atoms with Gasteiger partial charge in [0.05, 0.1) is 14.2 Å². The maximum atomic E-state index is 12.6. The van der Waals surface area contributed by atoms with Crippen LogP contribution in [-0.2, 0) is 4.79 Å². The summed E-state index contributed by atoms with van der Waals surface area (Å²) in [6.07, 6.45) is 2.52. The number of carbonyl (C=O) groups is 2. The second-order valence-corrected chi connectivity index (χ2v) is 5.84. The van der Waals surface area contributed by atoms with Crippen LogP contribution >= 0.6 is 0 Å². The monoisotopic (exact) mass is 357 g/mol. The number of carbonyl (C=O) groups excluding carboxylic acids is 1. The Bertz CT molecular complexity index is 800. The molecule has 1 aliphatic heterocycles. The molecule has 0 radical (unpaired) electrons. The van der Waals surface area contributed by atoms with E-state index in [1.54, 1.807) is 24.3 Å². The standard InChI is InChI=1S/C18H19N3O5/c1-25-15-14(16(26-2)20-10-19-15)11-5-7-12(8-6-11)17(22)21-9-3-4-13(21)18(23)24/h5-8,10,13H,3-4,9H2,1-2H3,(H,23,24). The molecule has 1 aromatic carbocycles. The zero-order valence-corrected chi connectivity index (χ0v) is 14.5. The van der Waals surface area contributed by atoms with Crippen molar-refractivity contribution in [2.75, 3.05) is 20.8 Å². The van der Waals surface area contributed by atoms with E-state index in [2.05, 4.69) is 9.97 Å². The number of carboxylic acids is 1. The van der Waals surface area contributed by atoms with Crippen LogP contribution in [0.25, 0.3) is 11.1 Å². The Morgan fingerprint density at radius 2 is 1.73 bits per heavy atom. The summed E-state index contributed by atoms with van der Waals surface area (Å²) in [4.78, 5) is 33.5. The van der Waals surface area contributed by atoms with Gasteiger partial charge in [0.15, 0.2) is 0 Å². The number of likely N-dealkylation sites (tertiary alicyclic amines) is 1. The molecule has 136 valence electrons. The van der Waals surface area contributed by atoms with Gasteiger partial charge in [-0.1, -0.05) is 12.1 Å². The number of aliphatic carboxylic acids is 1. The molecule has 0 saturated carbocycles. The lowest BCUT2D eigenvalue weighted by atomic mass is 10.0. The van der Waals surface area contributed by atoms with Gasteiger partial charge in [-0.05, 0) is 30.5 Å². The lowest BCUT2D eigenvalue weighted by molar-refractivity contribution is -0.141. The van der Waals surface area contributed by atoms with Gasteiger partial charge in [-0.15, -0.1) is 0 Å². The zero-order valence-electron chi connectivity index (χ0n) is 14.5. The van der Waals surface area contributed by atoms with Crippen molar-refractivity contribution in [2.24, 2.45) is 0 Å². The highest BCUT2D eigenvalue weighted by molar-refractivity contribution is 5.97. The molecule has 26 heavy (non-hydrogen) atoms. The minimum Gasteiger partial charge on any atom is -0.480 e. The Balaban J connectivity index is 1.90. The molecular formula is C18H19N3O5. The lowest BCUT2D eigenvalue weighted by Gasteiger charge is -2.21. The molecule has 1 atom stereocenters. The number of aromatic nitrogens is 2. The van der Waals surface area contributed by atoms with Gasteiger partial charge in [0, 0.05) is 12.1 Å². The van der Waals surface area contributed by atoms with Gasteiger partial charge in [-0.25, -0.2) is 14.8 Å². The Kier molecular flexibility index (Phi) is 5.01. The number of rotatable bonds is 5. The van der Waals surface area contributed by atoms with Crippen LogP contribution < -0.4 is 9.47 Å². The summed E-state index contributed by atoms with van der Waals surface area (Å²) >= 11 is 0. The molecule has 8 nitrogen and oxygen atoms in total. The molecule has 1 aliphatic rings. The summed E-state index contributed by atoms with van der Waals surface area (Å²) in [5, 5.41) is 9.25. The van der Waals surface area contributed by atoms with E-state index >= 15 is 0 Å². The fourth-order valence-corrected chi connectivity index (χ4v) is 3.12. The average Bonchev–Trinajstić information content (AvgIpc) is 3.17. The lowest BCUT2D eigenvalue weighted by Crippen LogP contribution is -2.40. The molecule has 2 heterocycles. The van der Waals surface area contributed by atoms with Crippen LogP contribution in [-0.4, -0.2) is 58.7 Å². The summed E-state index contributed by atoms with van der Waals surface area (Å²) in [6, 6.07) is 6.03. The molecule has 1 fully saturated rings. The summed E-state index contributed by atoms with van der Waals surface area (Å²) in [5.74, 6) is -0.532. The molecule has 0 spiro atoms. The highest BCUT2D eigenvalue weighted by Gasteiger charge is 2.34. The number of hydrogen-bond acceptors (Lipinski definition) is 6. The predicted molar refractivity (Wildman–Crippen MR) is 92.3 cm³/mol. The molecule has 1 amide bonds. The van der Waals surface area contributed by atoms with Gasteiger partial charge in [0.1, 0.15) is 17.9 Å². The van der Waals surface area contributed by atoms with Crippen LogP contribution in [0, 0.1) is 0 Å². The number of amides is 1. The minimum atomic E-state index is -0.969. The largest absolute Gasteiger partial charge is 0.480 e. The van der Waals surface area contributed by atoms with Gasteiger partial charge >= 0.3 is 5.97 Å². The summed E-state index contributed by atoms with van der Waals surface area (Å²) in [5.41, 5.74) is 1.74. The van der Waals surface area contributed by atoms with Crippen LogP contribution in [0.5, 0.6) is 11.8 Å². The molecule has 1 saturated heterocycles. The fraction of sp³-hybridized carbons (Fsp3) is 0.333. The molecule has 1 N–H and O–H groups in total. The third-order valence-electron chi connectivity index (χ3n) is 4.38. The minimum absolute atomic E-state index is 0.287. The van der Waals surface area contributed by atoms with E-state index in [1.165, 1.54) is 25.4 Å². The van der Waals surface area contributed by atoms with Crippen molar-refractivity contribution in [3.05, 3.63) is 36.2 Å². The second kappa shape index (κ2) is 7.38. The zero-order chi connectivity index (χ0) is 18.7.